The second-order valence-corrected chi connectivity index (χ2v) is 2.98. The van der Waals surface area contributed by atoms with Gasteiger partial charge >= 0.3 is 0 Å². The zero-order valence-corrected chi connectivity index (χ0v) is 7.48. The Morgan fingerprint density at radius 2 is 2.40 bits per heavy atom. The summed E-state index contributed by atoms with van der Waals surface area (Å²) in [5.41, 5.74) is 6.25. The van der Waals surface area contributed by atoms with Gasteiger partial charge < -0.3 is 5.73 Å². The number of hydrogen-bond donors (Lipinski definition) is 1. The average Bonchev–Trinajstić information content (AvgIpc) is 1.88. The van der Waals surface area contributed by atoms with Crippen LogP contribution >= 0.6 is 27.5 Å². The van der Waals surface area contributed by atoms with E-state index >= 15 is 0 Å². The normalized spacial score (nSPS) is 9.90. The summed E-state index contributed by atoms with van der Waals surface area (Å²) in [7, 11) is 0. The first kappa shape index (κ1) is 7.98. The molecule has 0 aromatic carbocycles. The van der Waals surface area contributed by atoms with Gasteiger partial charge in [0.05, 0.1) is 0 Å². The zero-order chi connectivity index (χ0) is 7.56. The van der Waals surface area contributed by atoms with Gasteiger partial charge in [-0.1, -0.05) is 27.5 Å². The quantitative estimate of drug-likeness (QED) is 0.736. The van der Waals surface area contributed by atoms with Crippen molar-refractivity contribution in [2.75, 3.05) is 0 Å². The molecule has 2 nitrogen and oxygen atoms in total. The molecule has 1 heterocycles. The van der Waals surface area contributed by atoms with Crippen LogP contribution in [0.2, 0.25) is 5.15 Å². The van der Waals surface area contributed by atoms with Crippen LogP contribution in [0.15, 0.2) is 16.7 Å². The minimum atomic E-state index is 0.410. The molecular formula is C6H6BrClN2. The van der Waals surface area contributed by atoms with Gasteiger partial charge in [0, 0.05) is 22.8 Å². The van der Waals surface area contributed by atoms with E-state index in [0.717, 1.165) is 10.0 Å². The van der Waals surface area contributed by atoms with Crippen molar-refractivity contribution in [3.63, 3.8) is 0 Å². The van der Waals surface area contributed by atoms with Crippen LogP contribution in [-0.2, 0) is 6.54 Å². The lowest BCUT2D eigenvalue weighted by Crippen LogP contribution is -1.99. The molecule has 1 rings (SSSR count). The first-order valence-corrected chi connectivity index (χ1v) is 3.91. The topological polar surface area (TPSA) is 38.9 Å². The summed E-state index contributed by atoms with van der Waals surface area (Å²) in [6, 6.07) is 1.81. The summed E-state index contributed by atoms with van der Waals surface area (Å²) < 4.78 is 0.912. The van der Waals surface area contributed by atoms with E-state index in [1.807, 2.05) is 6.07 Å². The summed E-state index contributed by atoms with van der Waals surface area (Å²) >= 11 is 9.01. The van der Waals surface area contributed by atoms with E-state index in [0.29, 0.717) is 11.7 Å². The number of halogens is 2. The summed E-state index contributed by atoms with van der Waals surface area (Å²) in [5, 5.41) is 0.469. The average molecular weight is 221 g/mol. The molecule has 0 aliphatic carbocycles. The number of rotatable bonds is 1. The van der Waals surface area contributed by atoms with Gasteiger partial charge in [-0.25, -0.2) is 4.98 Å². The van der Waals surface area contributed by atoms with Crippen molar-refractivity contribution >= 4 is 27.5 Å². The highest BCUT2D eigenvalue weighted by Crippen LogP contribution is 2.21. The van der Waals surface area contributed by atoms with Crippen LogP contribution in [0.25, 0.3) is 0 Å². The van der Waals surface area contributed by atoms with E-state index in [4.69, 9.17) is 17.3 Å². The Bertz CT molecular complexity index is 219. The Hall–Kier alpha value is -0.120. The van der Waals surface area contributed by atoms with Crippen molar-refractivity contribution in [3.8, 4) is 0 Å². The molecule has 1 aromatic heterocycles. The SMILES string of the molecule is NCc1c(Br)ccnc1Cl. The van der Waals surface area contributed by atoms with Crippen molar-refractivity contribution in [1.82, 2.24) is 4.98 Å². The fourth-order valence-electron chi connectivity index (χ4n) is 0.627. The molecule has 0 aliphatic heterocycles. The Balaban J connectivity index is 3.17. The molecule has 0 saturated heterocycles. The summed E-state index contributed by atoms with van der Waals surface area (Å²) in [5.74, 6) is 0. The molecule has 0 aliphatic rings. The molecule has 54 valence electrons. The fraction of sp³-hybridized carbons (Fsp3) is 0.167. The maximum absolute atomic E-state index is 5.71. The second-order valence-electron chi connectivity index (χ2n) is 1.77. The highest BCUT2D eigenvalue weighted by atomic mass is 79.9. The van der Waals surface area contributed by atoms with E-state index in [2.05, 4.69) is 20.9 Å². The molecule has 0 unspecified atom stereocenters. The Morgan fingerprint density at radius 1 is 1.70 bits per heavy atom. The first-order chi connectivity index (χ1) is 4.75. The van der Waals surface area contributed by atoms with Gasteiger partial charge in [0.1, 0.15) is 5.15 Å². The summed E-state index contributed by atoms with van der Waals surface area (Å²) in [6.45, 7) is 0.410. The third-order valence-corrected chi connectivity index (χ3v) is 2.22. The molecular weight excluding hydrogens is 215 g/mol. The number of nitrogens with zero attached hydrogens (tertiary/aromatic N) is 1. The summed E-state index contributed by atoms with van der Waals surface area (Å²) in [6.07, 6.45) is 1.63. The van der Waals surface area contributed by atoms with Crippen molar-refractivity contribution in [3.05, 3.63) is 27.5 Å². The largest absolute Gasteiger partial charge is 0.326 e. The van der Waals surface area contributed by atoms with E-state index in [1.54, 1.807) is 6.20 Å². The van der Waals surface area contributed by atoms with Crippen LogP contribution in [0, 0.1) is 0 Å². The molecule has 2 N–H and O–H groups in total. The van der Waals surface area contributed by atoms with Gasteiger partial charge in [-0.2, -0.15) is 0 Å². The second kappa shape index (κ2) is 3.32. The van der Waals surface area contributed by atoms with Crippen molar-refractivity contribution < 1.29 is 0 Å². The minimum absolute atomic E-state index is 0.410. The van der Waals surface area contributed by atoms with Crippen molar-refractivity contribution in [2.45, 2.75) is 6.54 Å². The minimum Gasteiger partial charge on any atom is -0.326 e. The van der Waals surface area contributed by atoms with Gasteiger partial charge in [-0.15, -0.1) is 0 Å². The Kier molecular flexibility index (Phi) is 2.65. The van der Waals surface area contributed by atoms with Gasteiger partial charge in [-0.3, -0.25) is 0 Å². The number of nitrogens with two attached hydrogens (primary N) is 1. The zero-order valence-electron chi connectivity index (χ0n) is 5.14. The molecule has 1 aromatic rings. The Morgan fingerprint density at radius 3 is 2.80 bits per heavy atom. The van der Waals surface area contributed by atoms with E-state index in [9.17, 15) is 0 Å². The monoisotopic (exact) mass is 220 g/mol. The van der Waals surface area contributed by atoms with Crippen LogP contribution in [0.1, 0.15) is 5.56 Å². The van der Waals surface area contributed by atoms with Crippen LogP contribution < -0.4 is 5.73 Å². The Labute approximate surface area is 72.5 Å². The third kappa shape index (κ3) is 1.48. The lowest BCUT2D eigenvalue weighted by Gasteiger charge is -2.00. The highest BCUT2D eigenvalue weighted by Gasteiger charge is 2.01. The lowest BCUT2D eigenvalue weighted by molar-refractivity contribution is 1.04. The van der Waals surface area contributed by atoms with Gasteiger partial charge in [0.2, 0.25) is 0 Å². The van der Waals surface area contributed by atoms with Crippen molar-refractivity contribution in [2.24, 2.45) is 5.73 Å². The number of hydrogen-bond acceptors (Lipinski definition) is 2. The van der Waals surface area contributed by atoms with E-state index in [1.165, 1.54) is 0 Å². The van der Waals surface area contributed by atoms with Gasteiger partial charge in [-0.05, 0) is 6.07 Å². The third-order valence-electron chi connectivity index (χ3n) is 1.15. The molecule has 0 spiro atoms. The molecule has 0 atom stereocenters. The molecule has 10 heavy (non-hydrogen) atoms. The summed E-state index contributed by atoms with van der Waals surface area (Å²) in [4.78, 5) is 3.87. The predicted octanol–water partition coefficient (Wildman–Crippen LogP) is 1.96. The van der Waals surface area contributed by atoms with Gasteiger partial charge in [0.25, 0.3) is 0 Å². The van der Waals surface area contributed by atoms with Gasteiger partial charge in [0.15, 0.2) is 0 Å². The van der Waals surface area contributed by atoms with Crippen LogP contribution in [0.3, 0.4) is 0 Å². The van der Waals surface area contributed by atoms with Crippen LogP contribution in [0.5, 0.6) is 0 Å². The van der Waals surface area contributed by atoms with Crippen LogP contribution in [-0.4, -0.2) is 4.98 Å². The maximum Gasteiger partial charge on any atom is 0.134 e. The lowest BCUT2D eigenvalue weighted by atomic mass is 10.3. The maximum atomic E-state index is 5.71. The van der Waals surface area contributed by atoms with E-state index in [-0.39, 0.29) is 0 Å². The molecule has 0 saturated carbocycles. The highest BCUT2D eigenvalue weighted by molar-refractivity contribution is 9.10. The number of aromatic nitrogens is 1. The number of pyridine rings is 1. The molecule has 0 amide bonds. The molecule has 0 radical (unpaired) electrons. The fourth-order valence-corrected chi connectivity index (χ4v) is 1.44. The predicted molar refractivity (Wildman–Crippen MR) is 44.8 cm³/mol. The van der Waals surface area contributed by atoms with Crippen molar-refractivity contribution in [1.29, 1.82) is 0 Å². The van der Waals surface area contributed by atoms with Crippen LogP contribution in [0.4, 0.5) is 0 Å². The molecule has 4 heteroatoms. The van der Waals surface area contributed by atoms with E-state index < -0.39 is 0 Å². The smallest absolute Gasteiger partial charge is 0.134 e. The first-order valence-electron chi connectivity index (χ1n) is 2.74. The molecule has 0 bridgehead atoms. The molecule has 0 fully saturated rings. The standard InChI is InChI=1S/C6H6BrClN2/c7-5-1-2-10-6(8)4(5)3-9/h1-2H,3,9H2.